The summed E-state index contributed by atoms with van der Waals surface area (Å²) in [6.45, 7) is 4.40. The van der Waals surface area contributed by atoms with Gasteiger partial charge in [0.05, 0.1) is 6.10 Å². The van der Waals surface area contributed by atoms with Gasteiger partial charge in [-0.2, -0.15) is 0 Å². The maximum absolute atomic E-state index is 12.2. The predicted molar refractivity (Wildman–Crippen MR) is 101 cm³/mol. The molecular formula is C19H28N4O5. The highest BCUT2D eigenvalue weighted by Crippen LogP contribution is 2.09. The number of nitrogens with one attached hydrogen (secondary N) is 3. The Morgan fingerprint density at radius 3 is 2.54 bits per heavy atom. The van der Waals surface area contributed by atoms with Crippen molar-refractivity contribution in [2.75, 3.05) is 19.6 Å². The van der Waals surface area contributed by atoms with E-state index in [1.165, 1.54) is 12.4 Å². The molecule has 9 nitrogen and oxygen atoms in total. The van der Waals surface area contributed by atoms with E-state index in [4.69, 9.17) is 5.21 Å². The van der Waals surface area contributed by atoms with Crippen LogP contribution in [-0.2, 0) is 16.1 Å². The van der Waals surface area contributed by atoms with Gasteiger partial charge in [0.25, 0.3) is 11.8 Å². The maximum Gasteiger partial charge on any atom is 0.268 e. The zero-order chi connectivity index (χ0) is 20.5. The molecule has 3 amide bonds. The van der Waals surface area contributed by atoms with Gasteiger partial charge in [0, 0.05) is 31.6 Å². The van der Waals surface area contributed by atoms with Gasteiger partial charge < -0.3 is 20.6 Å². The zero-order valence-corrected chi connectivity index (χ0v) is 16.0. The summed E-state index contributed by atoms with van der Waals surface area (Å²) in [7, 11) is 0. The quantitative estimate of drug-likeness (QED) is 0.212. The molecule has 0 spiro atoms. The van der Waals surface area contributed by atoms with Crippen molar-refractivity contribution in [1.29, 1.82) is 0 Å². The van der Waals surface area contributed by atoms with E-state index in [9.17, 15) is 19.5 Å². The van der Waals surface area contributed by atoms with Gasteiger partial charge in [-0.1, -0.05) is 12.1 Å². The molecule has 1 aliphatic heterocycles. The molecule has 2 rings (SSSR count). The lowest BCUT2D eigenvalue weighted by Crippen LogP contribution is -2.51. The van der Waals surface area contributed by atoms with E-state index < -0.39 is 24.0 Å². The van der Waals surface area contributed by atoms with Crippen LogP contribution in [0.15, 0.2) is 24.3 Å². The molecule has 1 heterocycles. The van der Waals surface area contributed by atoms with E-state index in [1.807, 2.05) is 4.90 Å². The number of hydroxylamine groups is 1. The summed E-state index contributed by atoms with van der Waals surface area (Å²) in [5.74, 6) is -1.17. The van der Waals surface area contributed by atoms with Crippen LogP contribution in [0, 0.1) is 0 Å². The highest BCUT2D eigenvalue weighted by molar-refractivity contribution is 5.97. The average Bonchev–Trinajstić information content (AvgIpc) is 3.10. The van der Waals surface area contributed by atoms with Gasteiger partial charge in [-0.25, -0.2) is 5.48 Å². The van der Waals surface area contributed by atoms with Crippen LogP contribution in [0.2, 0.25) is 0 Å². The number of amides is 3. The van der Waals surface area contributed by atoms with Crippen LogP contribution >= 0.6 is 0 Å². The number of nitrogens with zero attached hydrogens (tertiary/aromatic N) is 1. The smallest absolute Gasteiger partial charge is 0.268 e. The normalized spacial score (nSPS) is 16.0. The maximum atomic E-state index is 12.2. The molecule has 0 aromatic heterocycles. The first-order valence-electron chi connectivity index (χ1n) is 9.42. The second kappa shape index (κ2) is 10.7. The minimum Gasteiger partial charge on any atom is -0.391 e. The molecular weight excluding hydrogens is 364 g/mol. The van der Waals surface area contributed by atoms with Gasteiger partial charge >= 0.3 is 0 Å². The van der Waals surface area contributed by atoms with Crippen molar-refractivity contribution < 1.29 is 24.7 Å². The SMILES string of the molecule is C[C@@H](O)[C@H](NC(=O)c1ccc(CNCCCN2CCCC2=O)cc1)C(=O)NO. The number of aliphatic hydroxyl groups is 1. The first kappa shape index (κ1) is 21.8. The molecule has 1 aromatic rings. The number of rotatable bonds is 10. The molecule has 1 fully saturated rings. The largest absolute Gasteiger partial charge is 0.391 e. The lowest BCUT2D eigenvalue weighted by atomic mass is 10.1. The summed E-state index contributed by atoms with van der Waals surface area (Å²) >= 11 is 0. The summed E-state index contributed by atoms with van der Waals surface area (Å²) in [6, 6.07) is 5.61. The highest BCUT2D eigenvalue weighted by Gasteiger charge is 2.25. The van der Waals surface area contributed by atoms with E-state index in [0.717, 1.165) is 38.0 Å². The summed E-state index contributed by atoms with van der Waals surface area (Å²) in [4.78, 5) is 37.1. The van der Waals surface area contributed by atoms with Crippen molar-refractivity contribution in [3.63, 3.8) is 0 Å². The van der Waals surface area contributed by atoms with E-state index in [0.29, 0.717) is 18.5 Å². The lowest BCUT2D eigenvalue weighted by molar-refractivity contribution is -0.133. The topological polar surface area (TPSA) is 131 Å². The molecule has 2 atom stereocenters. The fourth-order valence-electron chi connectivity index (χ4n) is 3.04. The van der Waals surface area contributed by atoms with Gasteiger partial charge in [-0.05, 0) is 44.0 Å². The number of hydrogen-bond acceptors (Lipinski definition) is 6. The Kier molecular flexibility index (Phi) is 8.37. The second-order valence-corrected chi connectivity index (χ2v) is 6.88. The summed E-state index contributed by atoms with van der Waals surface area (Å²) in [5, 5.41) is 23.9. The molecule has 0 unspecified atom stereocenters. The Bertz CT molecular complexity index is 677. The van der Waals surface area contributed by atoms with E-state index >= 15 is 0 Å². The van der Waals surface area contributed by atoms with Crippen LogP contribution in [0.3, 0.4) is 0 Å². The first-order chi connectivity index (χ1) is 13.4. The van der Waals surface area contributed by atoms with Crippen LogP contribution in [0.25, 0.3) is 0 Å². The Balaban J connectivity index is 1.75. The van der Waals surface area contributed by atoms with Crippen LogP contribution in [0.4, 0.5) is 0 Å². The van der Waals surface area contributed by atoms with Crippen molar-refractivity contribution in [2.45, 2.75) is 44.9 Å². The number of hydrogen-bond donors (Lipinski definition) is 5. The van der Waals surface area contributed by atoms with Gasteiger partial charge in [-0.15, -0.1) is 0 Å². The molecule has 28 heavy (non-hydrogen) atoms. The van der Waals surface area contributed by atoms with E-state index in [1.54, 1.807) is 24.3 Å². The number of aliphatic hydroxyl groups excluding tert-OH is 1. The van der Waals surface area contributed by atoms with Gasteiger partial charge in [0.1, 0.15) is 6.04 Å². The van der Waals surface area contributed by atoms with Crippen LogP contribution in [0.1, 0.15) is 42.1 Å². The van der Waals surface area contributed by atoms with Gasteiger partial charge in [0.15, 0.2) is 0 Å². The minimum absolute atomic E-state index is 0.239. The number of likely N-dealkylation sites (tertiary alicyclic amines) is 1. The van der Waals surface area contributed by atoms with Crippen molar-refractivity contribution in [1.82, 2.24) is 21.0 Å². The minimum atomic E-state index is -1.25. The standard InChI is InChI=1S/C19H28N4O5/c1-13(24)17(19(27)22-28)21-18(26)15-7-5-14(6-8-15)12-20-9-3-11-23-10-2-4-16(23)25/h5-8,13,17,20,24,28H,2-4,9-12H2,1H3,(H,21,26)(H,22,27)/t13-,17+/m1/s1. The first-order valence-corrected chi connectivity index (χ1v) is 9.42. The number of carbonyl (C=O) groups excluding carboxylic acids is 3. The molecule has 1 aromatic carbocycles. The van der Waals surface area contributed by atoms with E-state index in [-0.39, 0.29) is 5.91 Å². The zero-order valence-electron chi connectivity index (χ0n) is 16.0. The van der Waals surface area contributed by atoms with Crippen molar-refractivity contribution in [3.8, 4) is 0 Å². The summed E-state index contributed by atoms with van der Waals surface area (Å²) in [6.07, 6.45) is 1.35. The number of carbonyl (C=O) groups is 3. The fraction of sp³-hybridized carbons (Fsp3) is 0.526. The van der Waals surface area contributed by atoms with Crippen LogP contribution in [-0.4, -0.2) is 64.7 Å². The van der Waals surface area contributed by atoms with Gasteiger partial charge in [0.2, 0.25) is 5.91 Å². The summed E-state index contributed by atoms with van der Waals surface area (Å²) in [5.41, 5.74) is 2.76. The molecule has 0 bridgehead atoms. The average molecular weight is 392 g/mol. The Labute approximate surface area is 164 Å². The predicted octanol–water partition coefficient (Wildman–Crippen LogP) is -0.227. The molecule has 9 heteroatoms. The van der Waals surface area contributed by atoms with Gasteiger partial charge in [-0.3, -0.25) is 19.6 Å². The van der Waals surface area contributed by atoms with Crippen LogP contribution < -0.4 is 16.1 Å². The van der Waals surface area contributed by atoms with Crippen molar-refractivity contribution in [2.24, 2.45) is 0 Å². The van der Waals surface area contributed by atoms with E-state index in [2.05, 4.69) is 10.6 Å². The lowest BCUT2D eigenvalue weighted by Gasteiger charge is -2.19. The van der Waals surface area contributed by atoms with Crippen LogP contribution in [0.5, 0.6) is 0 Å². The molecule has 154 valence electrons. The third-order valence-electron chi connectivity index (χ3n) is 4.66. The Hall–Kier alpha value is -2.49. The highest BCUT2D eigenvalue weighted by atomic mass is 16.5. The van der Waals surface area contributed by atoms with Crippen molar-refractivity contribution >= 4 is 17.7 Å². The molecule has 0 radical (unpaired) electrons. The third kappa shape index (κ3) is 6.29. The summed E-state index contributed by atoms with van der Waals surface area (Å²) < 4.78 is 0. The Morgan fingerprint density at radius 2 is 1.96 bits per heavy atom. The monoisotopic (exact) mass is 392 g/mol. The molecule has 0 aliphatic carbocycles. The Morgan fingerprint density at radius 1 is 1.25 bits per heavy atom. The second-order valence-electron chi connectivity index (χ2n) is 6.88. The fourth-order valence-corrected chi connectivity index (χ4v) is 3.04. The molecule has 1 aliphatic rings. The molecule has 1 saturated heterocycles. The molecule has 0 saturated carbocycles. The van der Waals surface area contributed by atoms with Crippen molar-refractivity contribution in [3.05, 3.63) is 35.4 Å². The third-order valence-corrected chi connectivity index (χ3v) is 4.66. The number of benzene rings is 1. The molecule has 5 N–H and O–H groups in total.